The molecule has 1 N–H and O–H groups in total. The number of methoxy groups -OCH3 is 1. The minimum atomic E-state index is 0.395. The minimum Gasteiger partial charge on any atom is -0.497 e. The van der Waals surface area contributed by atoms with Crippen LogP contribution in [0.1, 0.15) is 58.6 Å². The summed E-state index contributed by atoms with van der Waals surface area (Å²) in [6, 6.07) is 9.43. The highest BCUT2D eigenvalue weighted by atomic mass is 16.5. The maximum absolute atomic E-state index is 5.22. The average Bonchev–Trinajstić information content (AvgIpc) is 2.36. The van der Waals surface area contributed by atoms with Gasteiger partial charge in [0.1, 0.15) is 5.75 Å². The maximum Gasteiger partial charge on any atom is 0.118 e. The van der Waals surface area contributed by atoms with Crippen molar-refractivity contribution in [1.29, 1.82) is 0 Å². The number of hydrogen-bond donors (Lipinski definition) is 1. The van der Waals surface area contributed by atoms with Crippen molar-refractivity contribution in [2.75, 3.05) is 7.11 Å². The van der Waals surface area contributed by atoms with Crippen molar-refractivity contribution >= 4 is 0 Å². The van der Waals surface area contributed by atoms with E-state index in [-0.39, 0.29) is 0 Å². The first kappa shape index (κ1) is 15.4. The molecule has 1 saturated carbocycles. The minimum absolute atomic E-state index is 0.395. The van der Waals surface area contributed by atoms with Crippen molar-refractivity contribution < 1.29 is 4.74 Å². The van der Waals surface area contributed by atoms with Crippen LogP contribution in [0.2, 0.25) is 0 Å². The first-order valence-corrected chi connectivity index (χ1v) is 7.79. The molecule has 0 saturated heterocycles. The van der Waals surface area contributed by atoms with E-state index in [1.807, 2.05) is 12.1 Å². The molecule has 0 spiro atoms. The Morgan fingerprint density at radius 1 is 1.20 bits per heavy atom. The lowest BCUT2D eigenvalue weighted by atomic mass is 9.70. The molecule has 2 rings (SSSR count). The molecule has 1 aliphatic carbocycles. The first-order chi connectivity index (χ1) is 9.39. The van der Waals surface area contributed by atoms with Crippen LogP contribution in [0.5, 0.6) is 5.75 Å². The molecule has 0 bridgehead atoms. The quantitative estimate of drug-likeness (QED) is 0.869. The topological polar surface area (TPSA) is 21.3 Å². The van der Waals surface area contributed by atoms with Crippen LogP contribution in [0, 0.1) is 11.3 Å². The van der Waals surface area contributed by atoms with Gasteiger partial charge in [0, 0.05) is 12.1 Å². The number of rotatable bonds is 4. The zero-order valence-electron chi connectivity index (χ0n) is 13.6. The van der Waals surface area contributed by atoms with Crippen LogP contribution in [0.15, 0.2) is 24.3 Å². The van der Waals surface area contributed by atoms with Crippen LogP contribution in [0.3, 0.4) is 0 Å². The summed E-state index contributed by atoms with van der Waals surface area (Å²) in [6.45, 7) is 9.44. The molecule has 1 aromatic rings. The summed E-state index contributed by atoms with van der Waals surface area (Å²) in [4.78, 5) is 0. The fraction of sp³-hybridized carbons (Fsp3) is 0.667. The molecule has 0 heterocycles. The van der Waals surface area contributed by atoms with Crippen molar-refractivity contribution in [3.63, 3.8) is 0 Å². The van der Waals surface area contributed by atoms with Gasteiger partial charge < -0.3 is 10.1 Å². The summed E-state index contributed by atoms with van der Waals surface area (Å²) < 4.78 is 5.22. The zero-order chi connectivity index (χ0) is 14.8. The molecule has 0 aliphatic heterocycles. The van der Waals surface area contributed by atoms with Crippen LogP contribution in [0.25, 0.3) is 0 Å². The van der Waals surface area contributed by atoms with Gasteiger partial charge in [-0.15, -0.1) is 0 Å². The Morgan fingerprint density at radius 3 is 2.40 bits per heavy atom. The first-order valence-electron chi connectivity index (χ1n) is 7.79. The van der Waals surface area contributed by atoms with Crippen molar-refractivity contribution in [1.82, 2.24) is 5.32 Å². The summed E-state index contributed by atoms with van der Waals surface area (Å²) >= 11 is 0. The monoisotopic (exact) mass is 275 g/mol. The SMILES string of the molecule is COc1ccc([C@@H](C)NC2CC(C)CC(C)(C)C2)cc1. The molecule has 1 fully saturated rings. The summed E-state index contributed by atoms with van der Waals surface area (Å²) in [5.74, 6) is 1.74. The summed E-state index contributed by atoms with van der Waals surface area (Å²) in [5.41, 5.74) is 1.80. The third kappa shape index (κ3) is 3.99. The van der Waals surface area contributed by atoms with Crippen LogP contribution >= 0.6 is 0 Å². The predicted molar refractivity (Wildman–Crippen MR) is 85.1 cm³/mol. The third-order valence-electron chi connectivity index (χ3n) is 4.49. The van der Waals surface area contributed by atoms with Gasteiger partial charge in [-0.1, -0.05) is 32.9 Å². The van der Waals surface area contributed by atoms with Gasteiger partial charge >= 0.3 is 0 Å². The Morgan fingerprint density at radius 2 is 1.85 bits per heavy atom. The third-order valence-corrected chi connectivity index (χ3v) is 4.49. The summed E-state index contributed by atoms with van der Waals surface area (Å²) in [7, 11) is 1.71. The fourth-order valence-electron chi connectivity index (χ4n) is 3.82. The molecule has 1 aliphatic rings. The van der Waals surface area contributed by atoms with Gasteiger partial charge in [-0.25, -0.2) is 0 Å². The van der Waals surface area contributed by atoms with E-state index < -0.39 is 0 Å². The van der Waals surface area contributed by atoms with E-state index in [0.29, 0.717) is 17.5 Å². The second-order valence-electron chi connectivity index (χ2n) is 7.27. The molecule has 0 radical (unpaired) electrons. The van der Waals surface area contributed by atoms with Crippen LogP contribution in [-0.4, -0.2) is 13.2 Å². The van der Waals surface area contributed by atoms with E-state index >= 15 is 0 Å². The zero-order valence-corrected chi connectivity index (χ0v) is 13.6. The lowest BCUT2D eigenvalue weighted by Gasteiger charge is -2.40. The fourth-order valence-corrected chi connectivity index (χ4v) is 3.82. The van der Waals surface area contributed by atoms with Crippen molar-refractivity contribution in [3.8, 4) is 5.75 Å². The molecule has 3 atom stereocenters. The van der Waals surface area contributed by atoms with E-state index in [0.717, 1.165) is 11.7 Å². The van der Waals surface area contributed by atoms with E-state index in [1.54, 1.807) is 7.11 Å². The number of nitrogens with one attached hydrogen (secondary N) is 1. The highest BCUT2D eigenvalue weighted by Crippen LogP contribution is 2.39. The van der Waals surface area contributed by atoms with Crippen LogP contribution in [0.4, 0.5) is 0 Å². The molecule has 0 aromatic heterocycles. The van der Waals surface area contributed by atoms with E-state index in [1.165, 1.54) is 24.8 Å². The average molecular weight is 275 g/mol. The predicted octanol–water partition coefficient (Wildman–Crippen LogP) is 4.56. The summed E-state index contributed by atoms with van der Waals surface area (Å²) in [5, 5.41) is 3.82. The lowest BCUT2D eigenvalue weighted by molar-refractivity contribution is 0.145. The molecular formula is C18H29NO. The molecule has 2 unspecified atom stereocenters. The highest BCUT2D eigenvalue weighted by Gasteiger charge is 2.32. The largest absolute Gasteiger partial charge is 0.497 e. The number of ether oxygens (including phenoxy) is 1. The molecule has 20 heavy (non-hydrogen) atoms. The van der Waals surface area contributed by atoms with Gasteiger partial charge in [0.25, 0.3) is 0 Å². The van der Waals surface area contributed by atoms with Gasteiger partial charge in [-0.3, -0.25) is 0 Å². The van der Waals surface area contributed by atoms with Gasteiger partial charge in [0.2, 0.25) is 0 Å². The van der Waals surface area contributed by atoms with Crippen LogP contribution in [-0.2, 0) is 0 Å². The second-order valence-corrected chi connectivity index (χ2v) is 7.27. The number of hydrogen-bond acceptors (Lipinski definition) is 2. The second kappa shape index (κ2) is 6.17. The molecule has 2 nitrogen and oxygen atoms in total. The Labute approximate surface area is 123 Å². The number of benzene rings is 1. The van der Waals surface area contributed by atoms with Crippen molar-refractivity contribution in [2.45, 2.75) is 59.0 Å². The van der Waals surface area contributed by atoms with Gasteiger partial charge in [-0.2, -0.15) is 0 Å². The van der Waals surface area contributed by atoms with Crippen LogP contribution < -0.4 is 10.1 Å². The molecule has 112 valence electrons. The Bertz CT molecular complexity index is 424. The molecule has 2 heteroatoms. The smallest absolute Gasteiger partial charge is 0.118 e. The van der Waals surface area contributed by atoms with Gasteiger partial charge in [0.15, 0.2) is 0 Å². The van der Waals surface area contributed by atoms with Gasteiger partial charge in [0.05, 0.1) is 7.11 Å². The van der Waals surface area contributed by atoms with Gasteiger partial charge in [-0.05, 0) is 55.2 Å². The van der Waals surface area contributed by atoms with E-state index in [2.05, 4.69) is 45.1 Å². The molecular weight excluding hydrogens is 246 g/mol. The maximum atomic E-state index is 5.22. The van der Waals surface area contributed by atoms with Crippen molar-refractivity contribution in [2.24, 2.45) is 11.3 Å². The normalized spacial score (nSPS) is 27.1. The summed E-state index contributed by atoms with van der Waals surface area (Å²) in [6.07, 6.45) is 3.92. The highest BCUT2D eigenvalue weighted by molar-refractivity contribution is 5.28. The standard InChI is InChI=1S/C18H29NO/c1-13-10-16(12-18(3,4)11-13)19-14(2)15-6-8-17(20-5)9-7-15/h6-9,13-14,16,19H,10-12H2,1-5H3/t13?,14-,16?/m1/s1. The Hall–Kier alpha value is -1.02. The van der Waals surface area contributed by atoms with E-state index in [4.69, 9.17) is 4.74 Å². The Balaban J connectivity index is 1.97. The molecule has 1 aromatic carbocycles. The Kier molecular flexibility index (Phi) is 4.74. The van der Waals surface area contributed by atoms with Crippen molar-refractivity contribution in [3.05, 3.63) is 29.8 Å². The lowest BCUT2D eigenvalue weighted by Crippen LogP contribution is -2.41. The molecule has 0 amide bonds. The van der Waals surface area contributed by atoms with E-state index in [9.17, 15) is 0 Å².